The fourth-order valence-electron chi connectivity index (χ4n) is 2.51. The third-order valence-corrected chi connectivity index (χ3v) is 3.53. The average Bonchev–Trinajstić information content (AvgIpc) is 2.68. The highest BCUT2D eigenvalue weighted by molar-refractivity contribution is 5.24. The maximum Gasteiger partial charge on any atom is 0.265 e. The van der Waals surface area contributed by atoms with Gasteiger partial charge in [0.15, 0.2) is 0 Å². The number of rotatable bonds is 3. The predicted molar refractivity (Wildman–Crippen MR) is 67.3 cm³/mol. The van der Waals surface area contributed by atoms with Gasteiger partial charge in [-0.3, -0.25) is 0 Å². The molecule has 1 fully saturated rings. The Morgan fingerprint density at radius 2 is 2.00 bits per heavy atom. The lowest BCUT2D eigenvalue weighted by molar-refractivity contribution is 0.310. The van der Waals surface area contributed by atoms with Crippen LogP contribution in [0, 0.1) is 0 Å². The van der Waals surface area contributed by atoms with Crippen LogP contribution in [0.3, 0.4) is 0 Å². The van der Waals surface area contributed by atoms with E-state index in [4.69, 9.17) is 4.52 Å². The molecule has 0 bridgehead atoms. The van der Waals surface area contributed by atoms with Gasteiger partial charge in [0.25, 0.3) is 5.95 Å². The summed E-state index contributed by atoms with van der Waals surface area (Å²) in [6.07, 6.45) is 6.18. The van der Waals surface area contributed by atoms with Crippen LogP contribution in [0.15, 0.2) is 4.52 Å². The summed E-state index contributed by atoms with van der Waals surface area (Å²) >= 11 is 0. The molecular weight excluding hydrogens is 216 g/mol. The zero-order valence-electron chi connectivity index (χ0n) is 10.9. The van der Waals surface area contributed by atoms with Gasteiger partial charge in [-0.2, -0.15) is 4.98 Å². The van der Waals surface area contributed by atoms with Crippen LogP contribution < -0.4 is 10.2 Å². The molecule has 0 saturated heterocycles. The third kappa shape index (κ3) is 2.77. The Morgan fingerprint density at radius 1 is 1.24 bits per heavy atom. The topological polar surface area (TPSA) is 54.2 Å². The normalized spacial score (nSPS) is 25.6. The summed E-state index contributed by atoms with van der Waals surface area (Å²) < 4.78 is 5.41. The molecule has 1 heterocycles. The predicted octanol–water partition coefficient (Wildman–Crippen LogP) is 1.77. The standard InChI is InChI=1S/C12H22N4O/c1-13-10-8-6-4-5-7-9(10)11-14-12(15-17-11)16(2)3/h9-10,13H,4-8H2,1-3H3. The highest BCUT2D eigenvalue weighted by Gasteiger charge is 2.28. The average molecular weight is 238 g/mol. The largest absolute Gasteiger partial charge is 0.344 e. The molecule has 0 amide bonds. The van der Waals surface area contributed by atoms with E-state index in [9.17, 15) is 0 Å². The van der Waals surface area contributed by atoms with Crippen LogP contribution in [-0.2, 0) is 0 Å². The Bertz CT molecular complexity index is 350. The van der Waals surface area contributed by atoms with Crippen LogP contribution in [0.5, 0.6) is 0 Å². The number of hydrogen-bond donors (Lipinski definition) is 1. The van der Waals surface area contributed by atoms with Crippen molar-refractivity contribution in [2.75, 3.05) is 26.0 Å². The fraction of sp³-hybridized carbons (Fsp3) is 0.833. The number of aromatic nitrogens is 2. The number of nitrogens with zero attached hydrogens (tertiary/aromatic N) is 3. The summed E-state index contributed by atoms with van der Waals surface area (Å²) in [5, 5.41) is 7.39. The van der Waals surface area contributed by atoms with Crippen molar-refractivity contribution in [3.05, 3.63) is 5.89 Å². The summed E-state index contributed by atoms with van der Waals surface area (Å²) in [6, 6.07) is 0.466. The summed E-state index contributed by atoms with van der Waals surface area (Å²) in [4.78, 5) is 6.35. The van der Waals surface area contributed by atoms with Crippen LogP contribution in [-0.4, -0.2) is 37.3 Å². The fourth-order valence-corrected chi connectivity index (χ4v) is 2.51. The maximum atomic E-state index is 5.41. The molecule has 1 aromatic heterocycles. The van der Waals surface area contributed by atoms with E-state index in [1.54, 1.807) is 0 Å². The number of hydrogen-bond acceptors (Lipinski definition) is 5. The molecule has 1 aliphatic carbocycles. The molecule has 0 radical (unpaired) electrons. The quantitative estimate of drug-likeness (QED) is 0.813. The van der Waals surface area contributed by atoms with Crippen LogP contribution >= 0.6 is 0 Å². The van der Waals surface area contributed by atoms with Crippen molar-refractivity contribution in [3.8, 4) is 0 Å². The van der Waals surface area contributed by atoms with Gasteiger partial charge in [0, 0.05) is 20.1 Å². The lowest BCUT2D eigenvalue weighted by atomic mass is 9.95. The van der Waals surface area contributed by atoms with Crippen molar-refractivity contribution in [3.63, 3.8) is 0 Å². The minimum absolute atomic E-state index is 0.365. The zero-order chi connectivity index (χ0) is 12.3. The summed E-state index contributed by atoms with van der Waals surface area (Å²) in [6.45, 7) is 0. The van der Waals surface area contributed by atoms with Gasteiger partial charge in [0.2, 0.25) is 5.89 Å². The number of nitrogens with one attached hydrogen (secondary N) is 1. The SMILES string of the molecule is CNC1CCCCCC1c1nc(N(C)C)no1. The Kier molecular flexibility index (Phi) is 3.99. The van der Waals surface area contributed by atoms with Crippen LogP contribution in [0.4, 0.5) is 5.95 Å². The first-order chi connectivity index (χ1) is 8.22. The molecule has 2 atom stereocenters. The van der Waals surface area contributed by atoms with Gasteiger partial charge in [0.05, 0.1) is 5.92 Å². The smallest absolute Gasteiger partial charge is 0.265 e. The highest BCUT2D eigenvalue weighted by Crippen LogP contribution is 2.31. The van der Waals surface area contributed by atoms with Crippen molar-refractivity contribution in [1.29, 1.82) is 0 Å². The van der Waals surface area contributed by atoms with Gasteiger partial charge in [-0.1, -0.05) is 19.3 Å². The van der Waals surface area contributed by atoms with Crippen molar-refractivity contribution in [2.24, 2.45) is 0 Å². The first-order valence-electron chi connectivity index (χ1n) is 6.40. The molecule has 0 spiro atoms. The molecule has 1 saturated carbocycles. The number of anilines is 1. The lowest BCUT2D eigenvalue weighted by Gasteiger charge is -2.20. The van der Waals surface area contributed by atoms with E-state index in [0.717, 1.165) is 12.3 Å². The summed E-state index contributed by atoms with van der Waals surface area (Å²) in [7, 11) is 5.88. The molecule has 5 heteroatoms. The molecule has 1 aromatic rings. The Morgan fingerprint density at radius 3 is 2.65 bits per heavy atom. The molecule has 2 unspecified atom stereocenters. The molecule has 0 aliphatic heterocycles. The minimum atomic E-state index is 0.365. The first kappa shape index (κ1) is 12.4. The highest BCUT2D eigenvalue weighted by atomic mass is 16.5. The van der Waals surface area contributed by atoms with Gasteiger partial charge in [-0.05, 0) is 25.0 Å². The van der Waals surface area contributed by atoms with Crippen LogP contribution in [0.1, 0.15) is 43.9 Å². The van der Waals surface area contributed by atoms with E-state index in [2.05, 4.69) is 15.5 Å². The van der Waals surface area contributed by atoms with E-state index in [1.165, 1.54) is 25.7 Å². The maximum absolute atomic E-state index is 5.41. The van der Waals surface area contributed by atoms with Gasteiger partial charge in [-0.15, -0.1) is 0 Å². The molecule has 96 valence electrons. The monoisotopic (exact) mass is 238 g/mol. The van der Waals surface area contributed by atoms with Crippen LogP contribution in [0.2, 0.25) is 0 Å². The molecule has 0 aromatic carbocycles. The van der Waals surface area contributed by atoms with Crippen molar-refractivity contribution in [1.82, 2.24) is 15.5 Å². The van der Waals surface area contributed by atoms with Crippen LogP contribution in [0.25, 0.3) is 0 Å². The van der Waals surface area contributed by atoms with Gasteiger partial charge >= 0.3 is 0 Å². The van der Waals surface area contributed by atoms with E-state index >= 15 is 0 Å². The molecule has 2 rings (SSSR count). The first-order valence-corrected chi connectivity index (χ1v) is 6.40. The van der Waals surface area contributed by atoms with Gasteiger partial charge < -0.3 is 14.7 Å². The van der Waals surface area contributed by atoms with E-state index in [0.29, 0.717) is 17.9 Å². The second-order valence-electron chi connectivity index (χ2n) is 4.97. The molecule has 17 heavy (non-hydrogen) atoms. The molecule has 1 N–H and O–H groups in total. The summed E-state index contributed by atoms with van der Waals surface area (Å²) in [5.41, 5.74) is 0. The van der Waals surface area contributed by atoms with E-state index in [1.807, 2.05) is 26.0 Å². The van der Waals surface area contributed by atoms with Crippen molar-refractivity contribution >= 4 is 5.95 Å². The Hall–Kier alpha value is -1.10. The van der Waals surface area contributed by atoms with Crippen molar-refractivity contribution < 1.29 is 4.52 Å². The second-order valence-corrected chi connectivity index (χ2v) is 4.97. The molecule has 1 aliphatic rings. The molecular formula is C12H22N4O. The van der Waals surface area contributed by atoms with Crippen molar-refractivity contribution in [2.45, 2.75) is 44.1 Å². The third-order valence-electron chi connectivity index (χ3n) is 3.53. The minimum Gasteiger partial charge on any atom is -0.344 e. The molecule has 5 nitrogen and oxygen atoms in total. The Balaban J connectivity index is 2.16. The van der Waals surface area contributed by atoms with Gasteiger partial charge in [0.1, 0.15) is 0 Å². The van der Waals surface area contributed by atoms with E-state index in [-0.39, 0.29) is 0 Å². The Labute approximate surface area is 103 Å². The lowest BCUT2D eigenvalue weighted by Crippen LogP contribution is -2.31. The van der Waals surface area contributed by atoms with E-state index < -0.39 is 0 Å². The summed E-state index contributed by atoms with van der Waals surface area (Å²) in [5.74, 6) is 1.82. The zero-order valence-corrected chi connectivity index (χ0v) is 10.9. The second kappa shape index (κ2) is 5.49. The number of likely N-dealkylation sites (N-methyl/N-ethyl adjacent to an activating group) is 1. The van der Waals surface area contributed by atoms with Gasteiger partial charge in [-0.25, -0.2) is 0 Å².